The zero-order valence-electron chi connectivity index (χ0n) is 11.4. The van der Waals surface area contributed by atoms with E-state index in [1.54, 1.807) is 24.3 Å². The second-order valence-corrected chi connectivity index (χ2v) is 4.72. The van der Waals surface area contributed by atoms with E-state index in [2.05, 4.69) is 15.3 Å². The van der Waals surface area contributed by atoms with Crippen LogP contribution in [0.5, 0.6) is 0 Å². The lowest BCUT2D eigenvalue weighted by molar-refractivity contribution is 0.102. The molecule has 0 aliphatic heterocycles. The van der Waals surface area contributed by atoms with Crippen molar-refractivity contribution in [2.75, 3.05) is 5.32 Å². The van der Waals surface area contributed by atoms with Crippen LogP contribution in [0.1, 0.15) is 16.1 Å². The molecular weight excluding hydrogens is 266 g/mol. The Balaban J connectivity index is 1.98. The van der Waals surface area contributed by atoms with Gasteiger partial charge < -0.3 is 10.3 Å². The van der Waals surface area contributed by atoms with Crippen molar-refractivity contribution in [3.8, 4) is 0 Å². The van der Waals surface area contributed by atoms with Crippen LogP contribution < -0.4 is 10.9 Å². The van der Waals surface area contributed by atoms with E-state index < -0.39 is 11.5 Å². The minimum atomic E-state index is -0.472. The lowest BCUT2D eigenvalue weighted by atomic mass is 10.1. The van der Waals surface area contributed by atoms with Gasteiger partial charge in [-0.25, -0.2) is 4.98 Å². The molecule has 1 amide bonds. The maximum Gasteiger partial charge on any atom is 0.262 e. The molecule has 0 atom stereocenters. The highest BCUT2D eigenvalue weighted by Crippen LogP contribution is 2.11. The van der Waals surface area contributed by atoms with Gasteiger partial charge in [-0.05, 0) is 36.6 Å². The predicted molar refractivity (Wildman–Crippen MR) is 81.5 cm³/mol. The fraction of sp³-hybridized carbons (Fsp3) is 0.0625. The molecular formula is C16H13N3O2. The molecule has 0 aliphatic carbocycles. The Hall–Kier alpha value is -2.95. The molecule has 0 radical (unpaired) electrons. The first-order valence-electron chi connectivity index (χ1n) is 6.50. The molecule has 0 bridgehead atoms. The molecule has 2 N–H and O–H groups in total. The molecule has 3 aromatic rings. The maximum atomic E-state index is 12.2. The number of para-hydroxylation sites is 1. The SMILES string of the molecule is Cc1cccc(NC(=O)c2cc3ccccc3[nH]c2=O)n1. The van der Waals surface area contributed by atoms with Crippen LogP contribution in [0.25, 0.3) is 10.9 Å². The van der Waals surface area contributed by atoms with Crippen molar-refractivity contribution < 1.29 is 4.79 Å². The lowest BCUT2D eigenvalue weighted by Gasteiger charge is -2.05. The summed E-state index contributed by atoms with van der Waals surface area (Å²) in [4.78, 5) is 31.1. The van der Waals surface area contributed by atoms with Crippen LogP contribution in [0.3, 0.4) is 0 Å². The van der Waals surface area contributed by atoms with Gasteiger partial charge in [-0.15, -0.1) is 0 Å². The Kier molecular flexibility index (Phi) is 3.23. The average molecular weight is 279 g/mol. The number of carbonyl (C=O) groups is 1. The van der Waals surface area contributed by atoms with Crippen LogP contribution in [0.4, 0.5) is 5.82 Å². The van der Waals surface area contributed by atoms with Crippen LogP contribution in [0.15, 0.2) is 53.3 Å². The largest absolute Gasteiger partial charge is 0.321 e. The number of H-pyrrole nitrogens is 1. The first-order chi connectivity index (χ1) is 10.1. The van der Waals surface area contributed by atoms with Crippen molar-refractivity contribution in [1.29, 1.82) is 0 Å². The molecule has 0 saturated carbocycles. The highest BCUT2D eigenvalue weighted by atomic mass is 16.2. The third kappa shape index (κ3) is 2.67. The minimum Gasteiger partial charge on any atom is -0.321 e. The number of benzene rings is 1. The Labute approximate surface area is 120 Å². The number of hydrogen-bond acceptors (Lipinski definition) is 3. The Bertz CT molecular complexity index is 884. The van der Waals surface area contributed by atoms with Gasteiger partial charge >= 0.3 is 0 Å². The molecule has 3 rings (SSSR count). The van der Waals surface area contributed by atoms with E-state index in [9.17, 15) is 9.59 Å². The molecule has 0 fully saturated rings. The topological polar surface area (TPSA) is 74.8 Å². The number of carbonyl (C=O) groups excluding carboxylic acids is 1. The van der Waals surface area contributed by atoms with Crippen molar-refractivity contribution >= 4 is 22.6 Å². The molecule has 0 saturated heterocycles. The Morgan fingerprint density at radius 3 is 2.76 bits per heavy atom. The number of aromatic amines is 1. The summed E-state index contributed by atoms with van der Waals surface area (Å²) in [5.41, 5.74) is 1.14. The van der Waals surface area contributed by atoms with E-state index in [1.165, 1.54) is 0 Å². The van der Waals surface area contributed by atoms with E-state index in [0.717, 1.165) is 11.1 Å². The van der Waals surface area contributed by atoms with Crippen LogP contribution in [0, 0.1) is 6.92 Å². The van der Waals surface area contributed by atoms with E-state index in [4.69, 9.17) is 0 Å². The van der Waals surface area contributed by atoms with Gasteiger partial charge in [0.15, 0.2) is 0 Å². The van der Waals surface area contributed by atoms with Gasteiger partial charge in [-0.2, -0.15) is 0 Å². The highest BCUT2D eigenvalue weighted by molar-refractivity contribution is 6.05. The third-order valence-corrected chi connectivity index (χ3v) is 3.13. The number of aromatic nitrogens is 2. The van der Waals surface area contributed by atoms with Crippen LogP contribution in [-0.4, -0.2) is 15.9 Å². The normalized spacial score (nSPS) is 10.5. The summed E-state index contributed by atoms with van der Waals surface area (Å²) < 4.78 is 0. The lowest BCUT2D eigenvalue weighted by Crippen LogP contribution is -2.23. The standard InChI is InChI=1S/C16H13N3O2/c1-10-5-4-8-14(17-10)19-16(21)12-9-11-6-2-3-7-13(11)18-15(12)20/h2-9H,1H3,(H,18,20)(H,17,19,21). The smallest absolute Gasteiger partial charge is 0.262 e. The summed E-state index contributed by atoms with van der Waals surface area (Å²) in [7, 11) is 0. The molecule has 5 nitrogen and oxygen atoms in total. The third-order valence-electron chi connectivity index (χ3n) is 3.13. The molecule has 5 heteroatoms. The van der Waals surface area contributed by atoms with Crippen molar-refractivity contribution in [2.24, 2.45) is 0 Å². The van der Waals surface area contributed by atoms with Crippen LogP contribution in [0.2, 0.25) is 0 Å². The van der Waals surface area contributed by atoms with E-state index in [1.807, 2.05) is 31.2 Å². The molecule has 2 aromatic heterocycles. The maximum absolute atomic E-state index is 12.2. The summed E-state index contributed by atoms with van der Waals surface area (Å²) in [6.45, 7) is 1.83. The van der Waals surface area contributed by atoms with E-state index in [-0.39, 0.29) is 5.56 Å². The number of nitrogens with zero attached hydrogens (tertiary/aromatic N) is 1. The van der Waals surface area contributed by atoms with Gasteiger partial charge in [0.2, 0.25) is 0 Å². The monoisotopic (exact) mass is 279 g/mol. The van der Waals surface area contributed by atoms with Gasteiger partial charge in [-0.1, -0.05) is 24.3 Å². The zero-order valence-corrected chi connectivity index (χ0v) is 11.4. The first kappa shape index (κ1) is 13.1. The second-order valence-electron chi connectivity index (χ2n) is 4.72. The number of hydrogen-bond donors (Lipinski definition) is 2. The molecule has 0 aliphatic rings. The van der Waals surface area contributed by atoms with Crippen LogP contribution >= 0.6 is 0 Å². The fourth-order valence-corrected chi connectivity index (χ4v) is 2.11. The fourth-order valence-electron chi connectivity index (χ4n) is 2.11. The summed E-state index contributed by atoms with van der Waals surface area (Å²) in [5, 5.41) is 3.44. The molecule has 104 valence electrons. The first-order valence-corrected chi connectivity index (χ1v) is 6.50. The Morgan fingerprint density at radius 1 is 1.14 bits per heavy atom. The quantitative estimate of drug-likeness (QED) is 0.756. The number of aryl methyl sites for hydroxylation is 1. The predicted octanol–water partition coefficient (Wildman–Crippen LogP) is 2.48. The highest BCUT2D eigenvalue weighted by Gasteiger charge is 2.12. The van der Waals surface area contributed by atoms with Crippen molar-refractivity contribution in [1.82, 2.24) is 9.97 Å². The minimum absolute atomic E-state index is 0.0667. The summed E-state index contributed by atoms with van der Waals surface area (Å²) in [5.74, 6) is -0.0485. The zero-order chi connectivity index (χ0) is 14.8. The van der Waals surface area contributed by atoms with Gasteiger partial charge in [0.05, 0.1) is 0 Å². The summed E-state index contributed by atoms with van der Waals surface area (Å²) in [6.07, 6.45) is 0. The van der Waals surface area contributed by atoms with E-state index in [0.29, 0.717) is 11.3 Å². The number of amides is 1. The number of nitrogens with one attached hydrogen (secondary N) is 2. The number of rotatable bonds is 2. The van der Waals surface area contributed by atoms with Crippen molar-refractivity contribution in [2.45, 2.75) is 6.92 Å². The number of fused-ring (bicyclic) bond motifs is 1. The van der Waals surface area contributed by atoms with Crippen molar-refractivity contribution in [3.63, 3.8) is 0 Å². The van der Waals surface area contributed by atoms with Crippen molar-refractivity contribution in [3.05, 3.63) is 70.1 Å². The summed E-state index contributed by atoms with van der Waals surface area (Å²) >= 11 is 0. The second kappa shape index (κ2) is 5.20. The van der Waals surface area contributed by atoms with Gasteiger partial charge in [0.25, 0.3) is 11.5 Å². The summed E-state index contributed by atoms with van der Waals surface area (Å²) in [6, 6.07) is 14.2. The molecule has 0 spiro atoms. The average Bonchev–Trinajstić information content (AvgIpc) is 2.46. The molecule has 0 unspecified atom stereocenters. The number of anilines is 1. The molecule has 21 heavy (non-hydrogen) atoms. The molecule has 2 heterocycles. The van der Waals surface area contributed by atoms with Crippen LogP contribution in [-0.2, 0) is 0 Å². The van der Waals surface area contributed by atoms with Gasteiger partial charge in [0, 0.05) is 11.2 Å². The number of pyridine rings is 2. The Morgan fingerprint density at radius 2 is 1.95 bits per heavy atom. The van der Waals surface area contributed by atoms with E-state index >= 15 is 0 Å². The molecule has 1 aromatic carbocycles. The van der Waals surface area contributed by atoms with Gasteiger partial charge in [-0.3, -0.25) is 9.59 Å². The van der Waals surface area contributed by atoms with Gasteiger partial charge in [0.1, 0.15) is 11.4 Å².